The first-order valence-corrected chi connectivity index (χ1v) is 7.15. The Morgan fingerprint density at radius 1 is 1.45 bits per heavy atom. The molecule has 20 heavy (non-hydrogen) atoms. The molecule has 0 unspecified atom stereocenters. The van der Waals surface area contributed by atoms with Gasteiger partial charge in [0.2, 0.25) is 0 Å². The molecule has 2 aromatic rings. The average molecular weight is 312 g/mol. The van der Waals surface area contributed by atoms with E-state index in [0.29, 0.717) is 33.5 Å². The molecular weight excluding hydrogens is 298 g/mol. The van der Waals surface area contributed by atoms with E-state index in [1.165, 1.54) is 0 Å². The fraction of sp³-hybridized carbons (Fsp3) is 0.154. The maximum Gasteiger partial charge on any atom is 0.268 e. The van der Waals surface area contributed by atoms with E-state index in [-0.39, 0.29) is 5.91 Å². The Labute approximate surface area is 125 Å². The van der Waals surface area contributed by atoms with Crippen molar-refractivity contribution < 1.29 is 9.21 Å². The zero-order chi connectivity index (χ0) is 14.7. The Morgan fingerprint density at radius 2 is 2.20 bits per heavy atom. The second-order valence-corrected chi connectivity index (χ2v) is 5.58. The van der Waals surface area contributed by atoms with E-state index in [1.54, 1.807) is 36.9 Å². The second kappa shape index (κ2) is 6.21. The molecule has 0 bridgehead atoms. The van der Waals surface area contributed by atoms with Gasteiger partial charge in [-0.25, -0.2) is 5.84 Å². The van der Waals surface area contributed by atoms with E-state index in [9.17, 15) is 4.79 Å². The SMILES string of the molecule is Cc1oc(CSc2ccc(N)c(Cl)c2)cc1C(=O)NN. The molecule has 1 aromatic carbocycles. The van der Waals surface area contributed by atoms with Crippen LogP contribution in [0.5, 0.6) is 0 Å². The first kappa shape index (κ1) is 14.8. The normalized spacial score (nSPS) is 10.6. The Bertz CT molecular complexity index is 643. The topological polar surface area (TPSA) is 94.3 Å². The van der Waals surface area contributed by atoms with Gasteiger partial charge in [-0.15, -0.1) is 11.8 Å². The minimum atomic E-state index is -0.363. The van der Waals surface area contributed by atoms with Gasteiger partial charge in [-0.3, -0.25) is 10.2 Å². The number of aryl methyl sites for hydroxylation is 1. The van der Waals surface area contributed by atoms with Gasteiger partial charge in [0, 0.05) is 4.90 Å². The van der Waals surface area contributed by atoms with Gasteiger partial charge in [-0.2, -0.15) is 0 Å². The molecule has 0 aliphatic carbocycles. The van der Waals surface area contributed by atoms with Crippen LogP contribution in [0, 0.1) is 6.92 Å². The summed E-state index contributed by atoms with van der Waals surface area (Å²) in [5.41, 5.74) is 8.73. The largest absolute Gasteiger partial charge is 0.465 e. The van der Waals surface area contributed by atoms with Crippen molar-refractivity contribution in [1.29, 1.82) is 0 Å². The van der Waals surface area contributed by atoms with E-state index in [1.807, 2.05) is 6.07 Å². The number of anilines is 1. The molecule has 5 nitrogen and oxygen atoms in total. The van der Waals surface area contributed by atoms with Gasteiger partial charge >= 0.3 is 0 Å². The van der Waals surface area contributed by atoms with Crippen LogP contribution >= 0.6 is 23.4 Å². The number of nitrogens with one attached hydrogen (secondary N) is 1. The van der Waals surface area contributed by atoms with Crippen molar-refractivity contribution in [2.24, 2.45) is 5.84 Å². The molecule has 0 saturated carbocycles. The number of hydrogen-bond donors (Lipinski definition) is 3. The van der Waals surface area contributed by atoms with Crippen LogP contribution in [0.1, 0.15) is 21.9 Å². The number of carbonyl (C=O) groups excluding carboxylic acids is 1. The molecule has 0 saturated heterocycles. The molecule has 0 fully saturated rings. The molecule has 5 N–H and O–H groups in total. The lowest BCUT2D eigenvalue weighted by Crippen LogP contribution is -2.30. The molecule has 106 valence electrons. The number of nitrogens with two attached hydrogens (primary N) is 2. The number of hydrazine groups is 1. The number of nitrogen functional groups attached to an aromatic ring is 2. The van der Waals surface area contributed by atoms with E-state index < -0.39 is 0 Å². The standard InChI is InChI=1S/C13H14ClN3O2S/c1-7-10(13(18)17-16)4-8(19-7)6-20-9-2-3-12(15)11(14)5-9/h2-5H,6,15-16H2,1H3,(H,17,18). The number of furan rings is 1. The summed E-state index contributed by atoms with van der Waals surface area (Å²) >= 11 is 7.50. The zero-order valence-electron chi connectivity index (χ0n) is 10.8. The maximum atomic E-state index is 11.5. The third-order valence-electron chi connectivity index (χ3n) is 2.70. The molecule has 1 amide bonds. The monoisotopic (exact) mass is 311 g/mol. The Morgan fingerprint density at radius 3 is 2.85 bits per heavy atom. The summed E-state index contributed by atoms with van der Waals surface area (Å²) in [7, 11) is 0. The highest BCUT2D eigenvalue weighted by molar-refractivity contribution is 7.98. The lowest BCUT2D eigenvalue weighted by molar-refractivity contribution is 0.0952. The van der Waals surface area contributed by atoms with Crippen LogP contribution in [0.4, 0.5) is 5.69 Å². The highest BCUT2D eigenvalue weighted by Crippen LogP contribution is 2.29. The van der Waals surface area contributed by atoms with Crippen LogP contribution in [0.15, 0.2) is 33.6 Å². The van der Waals surface area contributed by atoms with E-state index in [4.69, 9.17) is 27.6 Å². The molecule has 0 atom stereocenters. The van der Waals surface area contributed by atoms with Crippen LogP contribution in [0.2, 0.25) is 5.02 Å². The number of hydrogen-bond acceptors (Lipinski definition) is 5. The van der Waals surface area contributed by atoms with Gasteiger partial charge in [0.25, 0.3) is 5.91 Å². The highest BCUT2D eigenvalue weighted by atomic mass is 35.5. The fourth-order valence-electron chi connectivity index (χ4n) is 1.67. The smallest absolute Gasteiger partial charge is 0.268 e. The first-order chi connectivity index (χ1) is 9.51. The lowest BCUT2D eigenvalue weighted by Gasteiger charge is -2.02. The second-order valence-electron chi connectivity index (χ2n) is 4.13. The summed E-state index contributed by atoms with van der Waals surface area (Å²) in [5.74, 6) is 6.56. The predicted octanol–water partition coefficient (Wildman–Crippen LogP) is 2.72. The number of benzene rings is 1. The highest BCUT2D eigenvalue weighted by Gasteiger charge is 2.14. The summed E-state index contributed by atoms with van der Waals surface area (Å²) in [4.78, 5) is 12.4. The Balaban J connectivity index is 2.07. The quantitative estimate of drug-likeness (QED) is 0.265. The van der Waals surface area contributed by atoms with Gasteiger partial charge < -0.3 is 10.2 Å². The minimum absolute atomic E-state index is 0.363. The summed E-state index contributed by atoms with van der Waals surface area (Å²) < 4.78 is 5.52. The third-order valence-corrected chi connectivity index (χ3v) is 4.04. The van der Waals surface area contributed by atoms with Gasteiger partial charge in [0.15, 0.2) is 0 Å². The van der Waals surface area contributed by atoms with E-state index in [0.717, 1.165) is 4.90 Å². The van der Waals surface area contributed by atoms with E-state index in [2.05, 4.69) is 5.43 Å². The minimum Gasteiger partial charge on any atom is -0.465 e. The molecule has 0 radical (unpaired) electrons. The van der Waals surface area contributed by atoms with Crippen molar-refractivity contribution in [2.45, 2.75) is 17.6 Å². The molecule has 0 spiro atoms. The number of rotatable bonds is 4. The van der Waals surface area contributed by atoms with Crippen LogP contribution < -0.4 is 17.0 Å². The lowest BCUT2D eigenvalue weighted by atomic mass is 10.2. The van der Waals surface area contributed by atoms with Crippen molar-refractivity contribution in [3.8, 4) is 0 Å². The molecule has 0 aliphatic rings. The van der Waals surface area contributed by atoms with Crippen molar-refractivity contribution in [1.82, 2.24) is 5.43 Å². The first-order valence-electron chi connectivity index (χ1n) is 5.79. The summed E-state index contributed by atoms with van der Waals surface area (Å²) in [6.45, 7) is 1.72. The van der Waals surface area contributed by atoms with Crippen LogP contribution in [0.3, 0.4) is 0 Å². The average Bonchev–Trinajstić information content (AvgIpc) is 2.80. The van der Waals surface area contributed by atoms with Crippen LogP contribution in [0.25, 0.3) is 0 Å². The van der Waals surface area contributed by atoms with E-state index >= 15 is 0 Å². The predicted molar refractivity (Wildman–Crippen MR) is 80.5 cm³/mol. The van der Waals surface area contributed by atoms with Crippen LogP contribution in [-0.4, -0.2) is 5.91 Å². The summed E-state index contributed by atoms with van der Waals surface area (Å²) in [5, 5.41) is 0.522. The maximum absolute atomic E-state index is 11.5. The molecule has 1 aromatic heterocycles. The summed E-state index contributed by atoms with van der Waals surface area (Å²) in [6.07, 6.45) is 0. The van der Waals surface area contributed by atoms with Gasteiger partial charge in [-0.05, 0) is 31.2 Å². The van der Waals surface area contributed by atoms with Crippen LogP contribution in [-0.2, 0) is 5.75 Å². The Kier molecular flexibility index (Phi) is 4.59. The van der Waals surface area contributed by atoms with Gasteiger partial charge in [0.1, 0.15) is 11.5 Å². The van der Waals surface area contributed by atoms with Gasteiger partial charge in [0.05, 0.1) is 22.0 Å². The third kappa shape index (κ3) is 3.27. The number of halogens is 1. The molecule has 1 heterocycles. The van der Waals surface area contributed by atoms with Crippen molar-refractivity contribution in [2.75, 3.05) is 5.73 Å². The Hall–Kier alpha value is -1.63. The van der Waals surface area contributed by atoms with Crippen molar-refractivity contribution in [3.05, 3.63) is 46.4 Å². The fourth-order valence-corrected chi connectivity index (χ4v) is 2.73. The molecule has 7 heteroatoms. The number of thioether (sulfide) groups is 1. The number of carbonyl (C=O) groups is 1. The zero-order valence-corrected chi connectivity index (χ0v) is 12.3. The summed E-state index contributed by atoms with van der Waals surface area (Å²) in [6, 6.07) is 7.12. The number of amides is 1. The van der Waals surface area contributed by atoms with Gasteiger partial charge in [-0.1, -0.05) is 11.6 Å². The molecule has 0 aliphatic heterocycles. The molecular formula is C13H14ClN3O2S. The molecule has 2 rings (SSSR count). The van der Waals surface area contributed by atoms with Crippen molar-refractivity contribution >= 4 is 35.0 Å². The van der Waals surface area contributed by atoms with Crippen molar-refractivity contribution in [3.63, 3.8) is 0 Å².